The molecule has 6 aliphatic rings. The van der Waals surface area contributed by atoms with Gasteiger partial charge in [-0.2, -0.15) is 0 Å². The number of esters is 1. The Labute approximate surface area is 193 Å². The molecule has 3 heterocycles. The number of carbonyl (C=O) groups excluding carboxylic acids is 3. The number of Topliss-reactive ketones (excluding diaryl/α,β-unsaturated/α-hetero) is 1. The van der Waals surface area contributed by atoms with E-state index >= 15 is 0 Å². The number of amides is 1. The first-order valence-electron chi connectivity index (χ1n) is 12.0. The Morgan fingerprint density at radius 3 is 2.79 bits per heavy atom. The second kappa shape index (κ2) is 7.47. The van der Waals surface area contributed by atoms with E-state index in [0.717, 1.165) is 24.0 Å². The molecule has 2 saturated heterocycles. The monoisotopic (exact) mass is 461 g/mol. The van der Waals surface area contributed by atoms with E-state index in [9.17, 15) is 18.8 Å². The first kappa shape index (κ1) is 22.7. The van der Waals surface area contributed by atoms with E-state index in [1.54, 1.807) is 0 Å². The maximum absolute atomic E-state index is 13.8. The molecule has 180 valence electrons. The van der Waals surface area contributed by atoms with Gasteiger partial charge in [0.1, 0.15) is 18.3 Å². The molecule has 1 saturated carbocycles. The van der Waals surface area contributed by atoms with Crippen molar-refractivity contribution in [3.05, 3.63) is 22.8 Å². The molecule has 0 aromatic carbocycles. The number of ketones is 1. The number of hydrogen-bond acceptors (Lipinski definition) is 6. The van der Waals surface area contributed by atoms with Crippen LogP contribution in [0.15, 0.2) is 22.8 Å². The summed E-state index contributed by atoms with van der Waals surface area (Å²) < 4.78 is 27.5. The third-order valence-electron chi connectivity index (χ3n) is 8.83. The van der Waals surface area contributed by atoms with Crippen LogP contribution >= 0.6 is 0 Å². The molecular formula is C25H32FNO6. The molecule has 3 aliphatic carbocycles. The molecule has 8 heteroatoms. The Morgan fingerprint density at radius 2 is 2.06 bits per heavy atom. The first-order chi connectivity index (χ1) is 15.8. The topological polar surface area (TPSA) is 97.5 Å². The van der Waals surface area contributed by atoms with Crippen molar-refractivity contribution >= 4 is 17.7 Å². The highest BCUT2D eigenvalue weighted by atomic mass is 19.1. The zero-order valence-electron chi connectivity index (χ0n) is 19.7. The average molecular weight is 462 g/mol. The summed E-state index contributed by atoms with van der Waals surface area (Å²) in [7, 11) is 0.500. The minimum Gasteiger partial charge on any atom is -0.458 e. The summed E-state index contributed by atoms with van der Waals surface area (Å²) in [6.07, 6.45) is 4.91. The van der Waals surface area contributed by atoms with Crippen LogP contribution in [0, 0.1) is 17.3 Å². The van der Waals surface area contributed by atoms with Gasteiger partial charge in [-0.15, -0.1) is 0 Å². The molecule has 1 amide bonds. The van der Waals surface area contributed by atoms with E-state index in [4.69, 9.17) is 14.2 Å². The Morgan fingerprint density at radius 1 is 1.30 bits per heavy atom. The Hall–Kier alpha value is -2.06. The molecular weight excluding hydrogens is 429 g/mol. The number of alkyl halides is 1. The second-order valence-electron chi connectivity index (χ2n) is 10.3. The van der Waals surface area contributed by atoms with E-state index in [1.165, 1.54) is 0 Å². The zero-order chi connectivity index (χ0) is 23.8. The van der Waals surface area contributed by atoms with Crippen molar-refractivity contribution in [1.29, 1.82) is 0 Å². The number of halogens is 1. The highest BCUT2D eigenvalue weighted by molar-refractivity contribution is 6.08. The van der Waals surface area contributed by atoms with Crippen molar-refractivity contribution in [3.8, 4) is 0 Å². The van der Waals surface area contributed by atoms with Crippen LogP contribution in [-0.4, -0.2) is 61.4 Å². The summed E-state index contributed by atoms with van der Waals surface area (Å²) in [5.74, 6) is -0.268. The van der Waals surface area contributed by atoms with Gasteiger partial charge in [-0.1, -0.05) is 20.8 Å². The maximum atomic E-state index is 13.8. The van der Waals surface area contributed by atoms with Crippen LogP contribution < -0.4 is 5.32 Å². The van der Waals surface area contributed by atoms with Gasteiger partial charge in [-0.3, -0.25) is 14.0 Å². The number of epoxide rings is 2. The second-order valence-corrected chi connectivity index (χ2v) is 10.3. The number of fused-ring (bicyclic) bond motifs is 2. The highest BCUT2D eigenvalue weighted by Crippen LogP contribution is 2.77. The molecule has 0 radical (unpaired) electrons. The highest BCUT2D eigenvalue weighted by Gasteiger charge is 2.92. The van der Waals surface area contributed by atoms with Gasteiger partial charge in [0, 0.05) is 29.5 Å². The molecule has 2 spiro atoms. The van der Waals surface area contributed by atoms with Gasteiger partial charge in [0.25, 0.3) is 0 Å². The molecule has 7 nitrogen and oxygen atoms in total. The van der Waals surface area contributed by atoms with Gasteiger partial charge in [0.05, 0.1) is 13.3 Å². The summed E-state index contributed by atoms with van der Waals surface area (Å²) in [5, 5.41) is 2.90. The van der Waals surface area contributed by atoms with E-state index < -0.39 is 11.2 Å². The Kier molecular flexibility index (Phi) is 5.14. The number of hydrogen-bond donors (Lipinski definition) is 1. The minimum absolute atomic E-state index is 0.000224. The van der Waals surface area contributed by atoms with Crippen LogP contribution in [0.2, 0.25) is 0 Å². The molecule has 0 aromatic rings. The van der Waals surface area contributed by atoms with Crippen LogP contribution in [0.1, 0.15) is 52.9 Å². The summed E-state index contributed by atoms with van der Waals surface area (Å²) >= 11 is 0. The van der Waals surface area contributed by atoms with Gasteiger partial charge in [0.2, 0.25) is 5.91 Å². The number of nitrogens with one attached hydrogen (secondary N) is 1. The van der Waals surface area contributed by atoms with Crippen LogP contribution in [0.25, 0.3) is 0 Å². The first-order valence-corrected chi connectivity index (χ1v) is 12.0. The van der Waals surface area contributed by atoms with Crippen molar-refractivity contribution in [2.75, 3.05) is 20.3 Å². The van der Waals surface area contributed by atoms with E-state index in [0.29, 0.717) is 38.7 Å². The largest absolute Gasteiger partial charge is 0.458 e. The molecule has 7 atom stereocenters. The van der Waals surface area contributed by atoms with Crippen molar-refractivity contribution in [2.45, 2.75) is 76.3 Å². The molecule has 0 aromatic heterocycles. The normalized spacial score (nSPS) is 42.2. The third kappa shape index (κ3) is 2.71. The van der Waals surface area contributed by atoms with Gasteiger partial charge in [-0.25, -0.2) is 4.79 Å². The summed E-state index contributed by atoms with van der Waals surface area (Å²) in [5.41, 5.74) is 0.718. The molecule has 33 heavy (non-hydrogen) atoms. The number of ether oxygens (including phenoxy) is 3. The van der Waals surface area contributed by atoms with Crippen LogP contribution in [0.4, 0.5) is 4.39 Å². The Balaban J connectivity index is 0.00000111. The van der Waals surface area contributed by atoms with E-state index in [-0.39, 0.29) is 53.5 Å². The quantitative estimate of drug-likeness (QED) is 0.499. The fourth-order valence-corrected chi connectivity index (χ4v) is 7.19. The van der Waals surface area contributed by atoms with Crippen LogP contribution in [0.5, 0.6) is 0 Å². The van der Waals surface area contributed by atoms with Crippen molar-refractivity contribution in [1.82, 2.24) is 5.32 Å². The van der Waals surface area contributed by atoms with Gasteiger partial charge < -0.3 is 19.5 Å². The smallest absolute Gasteiger partial charge is 0.334 e. The fraction of sp³-hybridized carbons (Fsp3) is 0.720. The molecule has 3 fully saturated rings. The maximum Gasteiger partial charge on any atom is 0.334 e. The summed E-state index contributed by atoms with van der Waals surface area (Å²) in [6, 6.07) is 0. The lowest BCUT2D eigenvalue weighted by atomic mass is 9.48. The molecule has 3 aliphatic heterocycles. The van der Waals surface area contributed by atoms with Crippen molar-refractivity contribution in [2.24, 2.45) is 17.3 Å². The zero-order valence-corrected chi connectivity index (χ0v) is 19.7. The lowest BCUT2D eigenvalue weighted by molar-refractivity contribution is -0.136. The summed E-state index contributed by atoms with van der Waals surface area (Å²) in [4.78, 5) is 38.2. The fourth-order valence-electron chi connectivity index (χ4n) is 7.19. The summed E-state index contributed by atoms with van der Waals surface area (Å²) in [6.45, 7) is 7.16. The third-order valence-corrected chi connectivity index (χ3v) is 8.83. The average Bonchev–Trinajstić information content (AvgIpc) is 3.69. The van der Waals surface area contributed by atoms with Crippen molar-refractivity contribution in [3.63, 3.8) is 0 Å². The lowest BCUT2D eigenvalue weighted by Gasteiger charge is -2.51. The molecule has 1 N–H and O–H groups in total. The van der Waals surface area contributed by atoms with Crippen molar-refractivity contribution < 1.29 is 33.0 Å². The van der Waals surface area contributed by atoms with E-state index in [1.807, 2.05) is 19.9 Å². The minimum atomic E-state index is -0.928. The molecule has 6 rings (SSSR count). The number of carbonyl (C=O) groups is 3. The lowest BCUT2D eigenvalue weighted by Crippen LogP contribution is -2.63. The SMILES string of the molecule is CCCNC(=O)CC(C)C1=CC2OC23C2(OC2C[C@H]2C4=C(CCC23C)C(=O)OC4)C1=O.CF. The van der Waals surface area contributed by atoms with Gasteiger partial charge >= 0.3 is 5.97 Å². The molecule has 0 bridgehead atoms. The predicted molar refractivity (Wildman–Crippen MR) is 116 cm³/mol. The Bertz CT molecular complexity index is 989. The van der Waals surface area contributed by atoms with Gasteiger partial charge in [-0.05, 0) is 49.2 Å². The molecule has 6 unspecified atom stereocenters. The number of rotatable bonds is 5. The number of cyclic esters (lactones) is 1. The van der Waals surface area contributed by atoms with Crippen LogP contribution in [0.3, 0.4) is 0 Å². The predicted octanol–water partition coefficient (Wildman–Crippen LogP) is 2.58. The van der Waals surface area contributed by atoms with Gasteiger partial charge in [0.15, 0.2) is 11.4 Å². The van der Waals surface area contributed by atoms with Crippen LogP contribution in [-0.2, 0) is 28.6 Å². The van der Waals surface area contributed by atoms with E-state index in [2.05, 4.69) is 12.2 Å². The standard InChI is InChI=1S/C24H29NO6.CH3F/c1-4-7-25-19(26)8-12(2)14-9-18-24(31-18)22(3)6-5-13-15(11-29-21(13)28)16(22)10-17-23(24,30-17)20(14)27;1-2/h9,12,16-18H,4-8,10-11H2,1-3H3,(H,25,26);1H3/t12?,16-,17?,18?,22?,23?,24?;/m0./s1.